The number of rotatable bonds is 7. The first kappa shape index (κ1) is 29.9. The second-order valence-corrected chi connectivity index (χ2v) is 8.61. The molecule has 0 atom stereocenters. The molecule has 0 aliphatic heterocycles. The molecule has 0 radical (unpaired) electrons. The van der Waals surface area contributed by atoms with Gasteiger partial charge in [0.2, 0.25) is 5.88 Å². The maximum absolute atomic E-state index is 14.7. The fraction of sp³-hybridized carbons (Fsp3) is 0.412. The molecule has 2 aromatic rings. The maximum Gasteiger partial charge on any atom is 0.471 e. The van der Waals surface area contributed by atoms with E-state index in [1.165, 1.54) is 12.2 Å². The highest BCUT2D eigenvalue weighted by molar-refractivity contribution is 9.10. The number of amides is 1. The Hall–Kier alpha value is -2.31. The predicted octanol–water partition coefficient (Wildman–Crippen LogP) is 6.81. The predicted molar refractivity (Wildman–Crippen MR) is 104 cm³/mol. The van der Waals surface area contributed by atoms with Crippen molar-refractivity contribution in [3.8, 4) is 11.6 Å². The first-order valence-corrected chi connectivity index (χ1v) is 10.7. The van der Waals surface area contributed by atoms with Gasteiger partial charge in [-0.2, -0.15) is 48.3 Å². The van der Waals surface area contributed by atoms with Gasteiger partial charge in [-0.3, -0.25) is 4.79 Å². The first-order chi connectivity index (χ1) is 16.1. The van der Waals surface area contributed by atoms with Crippen LogP contribution in [0.1, 0.15) is 5.56 Å². The van der Waals surface area contributed by atoms with Crippen LogP contribution in [-0.2, 0) is 4.79 Å². The summed E-state index contributed by atoms with van der Waals surface area (Å²) >= 11 is 2.69. The van der Waals surface area contributed by atoms with E-state index < -0.39 is 70.4 Å². The third-order valence-electron chi connectivity index (χ3n) is 3.96. The van der Waals surface area contributed by atoms with Gasteiger partial charge in [-0.1, -0.05) is 0 Å². The van der Waals surface area contributed by atoms with Gasteiger partial charge in [0, 0.05) is 4.90 Å². The normalized spacial score (nSPS) is 13.2. The zero-order valence-corrected chi connectivity index (χ0v) is 19.5. The fourth-order valence-corrected chi connectivity index (χ4v) is 3.55. The quantitative estimate of drug-likeness (QED) is 0.271. The lowest BCUT2D eigenvalue weighted by molar-refractivity contribution is -0.290. The monoisotopic (exact) mass is 627 g/mol. The van der Waals surface area contributed by atoms with Crippen LogP contribution in [0.25, 0.3) is 5.69 Å². The van der Waals surface area contributed by atoms with Crippen molar-refractivity contribution >= 4 is 39.4 Å². The number of nitrogens with zero attached hydrogens (tertiary/aromatic N) is 2. The highest BCUT2D eigenvalue weighted by atomic mass is 79.9. The van der Waals surface area contributed by atoms with Crippen LogP contribution in [0, 0.1) is 12.7 Å². The summed E-state index contributed by atoms with van der Waals surface area (Å²) in [5.41, 5.74) is -0.931. The zero-order valence-electron chi connectivity index (χ0n) is 17.1. The van der Waals surface area contributed by atoms with Crippen LogP contribution in [-0.4, -0.2) is 52.5 Å². The fourth-order valence-electron chi connectivity index (χ4n) is 2.29. The molecule has 1 aromatic heterocycles. The van der Waals surface area contributed by atoms with Crippen LogP contribution >= 0.6 is 27.7 Å². The molecule has 0 aliphatic carbocycles. The van der Waals surface area contributed by atoms with E-state index in [-0.39, 0.29) is 26.9 Å². The van der Waals surface area contributed by atoms with E-state index >= 15 is 0 Å². The number of aromatic nitrogens is 2. The van der Waals surface area contributed by atoms with Crippen molar-refractivity contribution in [1.82, 2.24) is 9.78 Å². The molecule has 2 rings (SSSR count). The number of ether oxygens (including phenoxy) is 1. The molecule has 0 fully saturated rings. The van der Waals surface area contributed by atoms with Gasteiger partial charge in [0.05, 0.1) is 5.75 Å². The van der Waals surface area contributed by atoms with Gasteiger partial charge in [-0.15, -0.1) is 16.9 Å². The smallest absolute Gasteiger partial charge is 0.469 e. The number of aryl methyl sites for hydroxylation is 1. The Balaban J connectivity index is 2.61. The third-order valence-corrected chi connectivity index (χ3v) is 5.89. The number of alkyl halides is 11. The summed E-state index contributed by atoms with van der Waals surface area (Å²) in [6.45, 7) is -1.20. The van der Waals surface area contributed by atoms with Crippen LogP contribution in [0.4, 0.5) is 58.5 Å². The molecule has 0 saturated carbocycles. The summed E-state index contributed by atoms with van der Waals surface area (Å²) in [5, 5.41) is 4.56. The molecule has 1 aromatic carbocycles. The number of nitrogens with one attached hydrogen (secondary N) is 1. The minimum absolute atomic E-state index is 0.0427. The molecule has 19 heteroatoms. The number of carbonyl (C=O) groups is 1. The van der Waals surface area contributed by atoms with Crippen LogP contribution in [0.5, 0.6) is 5.88 Å². The van der Waals surface area contributed by atoms with Gasteiger partial charge in [0.1, 0.15) is 16.0 Å². The van der Waals surface area contributed by atoms with E-state index in [1.54, 1.807) is 0 Å². The van der Waals surface area contributed by atoms with Crippen molar-refractivity contribution in [2.45, 2.75) is 36.3 Å². The van der Waals surface area contributed by atoms with E-state index in [9.17, 15) is 57.5 Å². The number of hydrogen-bond acceptors (Lipinski definition) is 4. The Bertz CT molecular complexity index is 1130. The molecular formula is C17H10BrF12N3O2S. The number of anilines is 1. The molecule has 0 saturated heterocycles. The molecule has 0 bridgehead atoms. The summed E-state index contributed by atoms with van der Waals surface area (Å²) in [4.78, 5) is 11.2. The highest BCUT2D eigenvalue weighted by Gasteiger charge is 2.58. The second kappa shape index (κ2) is 10.2. The summed E-state index contributed by atoms with van der Waals surface area (Å²) in [5.74, 6) is -13.2. The number of benzene rings is 1. The average molecular weight is 628 g/mol. The Morgan fingerprint density at radius 1 is 1.08 bits per heavy atom. The Labute approximate surface area is 205 Å². The van der Waals surface area contributed by atoms with Crippen molar-refractivity contribution in [2.24, 2.45) is 0 Å². The SMILES string of the molecule is Cc1cc(F)c(-n2nc(OCC(F)(F)C(F)(F)F)c(Br)c2NC(=O)C(F)(F)F)cc1SCC(F)(F)F. The van der Waals surface area contributed by atoms with Gasteiger partial charge in [-0.05, 0) is 40.5 Å². The topological polar surface area (TPSA) is 56.1 Å². The van der Waals surface area contributed by atoms with Crippen LogP contribution in [0.15, 0.2) is 21.5 Å². The molecule has 1 N–H and O–H groups in total. The molecule has 36 heavy (non-hydrogen) atoms. The Morgan fingerprint density at radius 2 is 1.67 bits per heavy atom. The summed E-state index contributed by atoms with van der Waals surface area (Å²) in [7, 11) is 0. The molecular weight excluding hydrogens is 618 g/mol. The maximum atomic E-state index is 14.7. The number of halogens is 13. The van der Waals surface area contributed by atoms with Crippen LogP contribution in [0.2, 0.25) is 0 Å². The van der Waals surface area contributed by atoms with Gasteiger partial charge in [0.25, 0.3) is 0 Å². The van der Waals surface area contributed by atoms with E-state index in [1.807, 2.05) is 0 Å². The average Bonchev–Trinajstić information content (AvgIpc) is 2.99. The minimum Gasteiger partial charge on any atom is -0.469 e. The van der Waals surface area contributed by atoms with Gasteiger partial charge in [-0.25, -0.2) is 9.07 Å². The molecule has 0 aliphatic rings. The van der Waals surface area contributed by atoms with Crippen molar-refractivity contribution in [3.63, 3.8) is 0 Å². The standard InChI is InChI=1S/C17H10BrF12N3O2S/c1-6-2-7(19)8(3-9(6)36-5-15(22,23)24)33-11(31-13(34)16(25,26)27)10(18)12(32-33)35-4-14(20,21)17(28,29)30/h2-3H,4-5H2,1H3,(H,31,34). The van der Waals surface area contributed by atoms with Crippen molar-refractivity contribution in [3.05, 3.63) is 28.0 Å². The minimum atomic E-state index is -6.08. The number of hydrogen-bond donors (Lipinski definition) is 1. The first-order valence-electron chi connectivity index (χ1n) is 8.88. The zero-order chi connectivity index (χ0) is 27.9. The summed E-state index contributed by atoms with van der Waals surface area (Å²) < 4.78 is 158. The van der Waals surface area contributed by atoms with Gasteiger partial charge < -0.3 is 10.1 Å². The molecule has 5 nitrogen and oxygen atoms in total. The highest BCUT2D eigenvalue weighted by Crippen LogP contribution is 2.40. The Morgan fingerprint density at radius 3 is 2.17 bits per heavy atom. The lowest BCUT2D eigenvalue weighted by Gasteiger charge is -2.18. The third kappa shape index (κ3) is 7.13. The second-order valence-electron chi connectivity index (χ2n) is 6.80. The van der Waals surface area contributed by atoms with E-state index in [0.717, 1.165) is 0 Å². The van der Waals surface area contributed by atoms with E-state index in [2.05, 4.69) is 25.8 Å². The van der Waals surface area contributed by atoms with Crippen molar-refractivity contribution in [2.75, 3.05) is 17.7 Å². The van der Waals surface area contributed by atoms with Gasteiger partial charge >= 0.3 is 30.4 Å². The number of thioether (sulfide) groups is 1. The largest absolute Gasteiger partial charge is 0.471 e. The molecule has 0 unspecified atom stereocenters. The number of carbonyl (C=O) groups excluding carboxylic acids is 1. The van der Waals surface area contributed by atoms with Crippen molar-refractivity contribution < 1.29 is 62.2 Å². The van der Waals surface area contributed by atoms with Crippen molar-refractivity contribution in [1.29, 1.82) is 0 Å². The summed E-state index contributed by atoms with van der Waals surface area (Å²) in [6.07, 6.45) is -16.3. The van der Waals surface area contributed by atoms with E-state index in [0.29, 0.717) is 12.1 Å². The molecule has 0 spiro atoms. The lowest BCUT2D eigenvalue weighted by Crippen LogP contribution is -2.41. The lowest BCUT2D eigenvalue weighted by atomic mass is 10.2. The Kier molecular flexibility index (Phi) is 8.49. The van der Waals surface area contributed by atoms with E-state index in [4.69, 9.17) is 0 Å². The molecule has 202 valence electrons. The molecule has 1 heterocycles. The summed E-state index contributed by atoms with van der Waals surface area (Å²) in [6, 6.07) is 1.36. The van der Waals surface area contributed by atoms with Gasteiger partial charge in [0.15, 0.2) is 12.4 Å². The van der Waals surface area contributed by atoms with Crippen LogP contribution in [0.3, 0.4) is 0 Å². The van der Waals surface area contributed by atoms with Crippen LogP contribution < -0.4 is 10.1 Å². The molecule has 1 amide bonds.